The number of aryl methyl sites for hydroxylation is 1. The third-order valence-electron chi connectivity index (χ3n) is 4.52. The first-order valence-electron chi connectivity index (χ1n) is 8.30. The van der Waals surface area contributed by atoms with E-state index in [0.29, 0.717) is 17.2 Å². The van der Waals surface area contributed by atoms with Gasteiger partial charge in [0.1, 0.15) is 0 Å². The fourth-order valence-electron chi connectivity index (χ4n) is 2.92. The number of hydrogen-bond acceptors (Lipinski definition) is 2. The summed E-state index contributed by atoms with van der Waals surface area (Å²) in [6, 6.07) is 5.36. The van der Waals surface area contributed by atoms with Crippen LogP contribution in [0.25, 0.3) is 0 Å². The zero-order valence-electron chi connectivity index (χ0n) is 14.6. The van der Waals surface area contributed by atoms with E-state index in [0.717, 1.165) is 31.5 Å². The van der Waals surface area contributed by atoms with Crippen molar-refractivity contribution in [3.05, 3.63) is 29.3 Å². The van der Waals surface area contributed by atoms with E-state index in [4.69, 9.17) is 0 Å². The zero-order valence-corrected chi connectivity index (χ0v) is 14.6. The van der Waals surface area contributed by atoms with Crippen molar-refractivity contribution in [3.8, 4) is 0 Å². The molecule has 23 heavy (non-hydrogen) atoms. The van der Waals surface area contributed by atoms with Gasteiger partial charge in [0.25, 0.3) is 5.91 Å². The van der Waals surface area contributed by atoms with Crippen molar-refractivity contribution in [2.45, 2.75) is 33.1 Å². The molecule has 0 bridgehead atoms. The lowest BCUT2D eigenvalue weighted by molar-refractivity contribution is 0.0827. The van der Waals surface area contributed by atoms with Crippen molar-refractivity contribution in [3.63, 3.8) is 0 Å². The average Bonchev–Trinajstić information content (AvgIpc) is 2.56. The molecule has 5 nitrogen and oxygen atoms in total. The predicted octanol–water partition coefficient (Wildman–Crippen LogP) is 3.35. The van der Waals surface area contributed by atoms with Gasteiger partial charge in [0, 0.05) is 38.4 Å². The highest BCUT2D eigenvalue weighted by Gasteiger charge is 2.23. The molecule has 1 aliphatic heterocycles. The summed E-state index contributed by atoms with van der Waals surface area (Å²) in [7, 11) is 3.44. The molecule has 126 valence electrons. The summed E-state index contributed by atoms with van der Waals surface area (Å²) in [4.78, 5) is 28.0. The highest BCUT2D eigenvalue weighted by atomic mass is 16.2. The second-order valence-electron chi connectivity index (χ2n) is 6.52. The molecule has 1 atom stereocenters. The van der Waals surface area contributed by atoms with Gasteiger partial charge in [0.05, 0.1) is 0 Å². The summed E-state index contributed by atoms with van der Waals surface area (Å²) in [5.41, 5.74) is 2.25. The van der Waals surface area contributed by atoms with Crippen molar-refractivity contribution in [2.24, 2.45) is 5.92 Å². The molecule has 1 N–H and O–H groups in total. The van der Waals surface area contributed by atoms with Gasteiger partial charge in [-0.2, -0.15) is 0 Å². The maximum Gasteiger partial charge on any atom is 0.321 e. The Morgan fingerprint density at radius 3 is 2.74 bits per heavy atom. The van der Waals surface area contributed by atoms with Crippen molar-refractivity contribution in [1.29, 1.82) is 0 Å². The predicted molar refractivity (Wildman–Crippen MR) is 92.8 cm³/mol. The zero-order chi connectivity index (χ0) is 17.0. The van der Waals surface area contributed by atoms with Crippen LogP contribution in [0.5, 0.6) is 0 Å². The maximum atomic E-state index is 12.5. The lowest BCUT2D eigenvalue weighted by Crippen LogP contribution is -2.42. The number of carbonyl (C=O) groups is 2. The fraction of sp³-hybridized carbons (Fsp3) is 0.556. The van der Waals surface area contributed by atoms with Gasteiger partial charge < -0.3 is 15.1 Å². The summed E-state index contributed by atoms with van der Waals surface area (Å²) in [5.74, 6) is 0.529. The van der Waals surface area contributed by atoms with Crippen LogP contribution in [0, 0.1) is 12.8 Å². The first-order valence-corrected chi connectivity index (χ1v) is 8.30. The van der Waals surface area contributed by atoms with Gasteiger partial charge in [-0.05, 0) is 43.4 Å². The third-order valence-corrected chi connectivity index (χ3v) is 4.52. The highest BCUT2D eigenvalue weighted by molar-refractivity contribution is 5.97. The monoisotopic (exact) mass is 317 g/mol. The van der Waals surface area contributed by atoms with E-state index in [1.165, 1.54) is 11.3 Å². The van der Waals surface area contributed by atoms with E-state index in [9.17, 15) is 9.59 Å². The molecule has 2 rings (SSSR count). The molecule has 3 amide bonds. The third kappa shape index (κ3) is 4.24. The number of nitrogens with one attached hydrogen (secondary N) is 1. The number of rotatable bonds is 3. The van der Waals surface area contributed by atoms with Gasteiger partial charge >= 0.3 is 6.03 Å². The first-order chi connectivity index (χ1) is 10.9. The second-order valence-corrected chi connectivity index (χ2v) is 6.52. The van der Waals surface area contributed by atoms with Gasteiger partial charge in [0.2, 0.25) is 0 Å². The number of hydrogen-bond donors (Lipinski definition) is 1. The lowest BCUT2D eigenvalue weighted by atomic mass is 9.96. The Balaban J connectivity index is 2.11. The minimum Gasteiger partial charge on any atom is -0.345 e. The average molecular weight is 317 g/mol. The smallest absolute Gasteiger partial charge is 0.321 e. The van der Waals surface area contributed by atoms with Crippen LogP contribution in [0.4, 0.5) is 10.5 Å². The molecule has 0 saturated carbocycles. The van der Waals surface area contributed by atoms with E-state index in [2.05, 4.69) is 12.2 Å². The maximum absolute atomic E-state index is 12.5. The number of urea groups is 1. The van der Waals surface area contributed by atoms with Crippen LogP contribution in [-0.4, -0.2) is 48.9 Å². The second kappa shape index (κ2) is 7.49. The molecule has 0 radical (unpaired) electrons. The van der Waals surface area contributed by atoms with Crippen molar-refractivity contribution in [2.75, 3.05) is 32.5 Å². The Hall–Kier alpha value is -2.04. The van der Waals surface area contributed by atoms with Crippen LogP contribution in [0.2, 0.25) is 0 Å². The largest absolute Gasteiger partial charge is 0.345 e. The number of benzene rings is 1. The molecule has 1 aromatic rings. The summed E-state index contributed by atoms with van der Waals surface area (Å²) < 4.78 is 0. The van der Waals surface area contributed by atoms with Gasteiger partial charge in [-0.1, -0.05) is 19.4 Å². The normalized spacial score (nSPS) is 17.7. The molecule has 1 unspecified atom stereocenters. The van der Waals surface area contributed by atoms with Crippen LogP contribution in [0.15, 0.2) is 18.2 Å². The Morgan fingerprint density at radius 2 is 2.09 bits per heavy atom. The van der Waals surface area contributed by atoms with Gasteiger partial charge in [-0.3, -0.25) is 4.79 Å². The Labute approximate surface area is 138 Å². The minimum absolute atomic E-state index is 0.0653. The van der Waals surface area contributed by atoms with Crippen molar-refractivity contribution >= 4 is 17.6 Å². The fourth-order valence-corrected chi connectivity index (χ4v) is 2.92. The van der Waals surface area contributed by atoms with Crippen LogP contribution >= 0.6 is 0 Å². The minimum atomic E-state index is -0.0688. The molecular weight excluding hydrogens is 290 g/mol. The number of amides is 3. The summed E-state index contributed by atoms with van der Waals surface area (Å²) in [6.07, 6.45) is 3.37. The highest BCUT2D eigenvalue weighted by Crippen LogP contribution is 2.22. The SMILES string of the molecule is CCC1CCCN(C(=O)Nc2cc(C(=O)N(C)C)ccc2C)C1. The van der Waals surface area contributed by atoms with E-state index >= 15 is 0 Å². The molecule has 1 heterocycles. The summed E-state index contributed by atoms with van der Waals surface area (Å²) >= 11 is 0. The van der Waals surface area contributed by atoms with Crippen LogP contribution in [0.3, 0.4) is 0 Å². The van der Waals surface area contributed by atoms with Crippen LogP contribution in [0.1, 0.15) is 42.1 Å². The van der Waals surface area contributed by atoms with E-state index in [-0.39, 0.29) is 11.9 Å². The topological polar surface area (TPSA) is 52.7 Å². The summed E-state index contributed by atoms with van der Waals surface area (Å²) in [6.45, 7) is 5.73. The van der Waals surface area contributed by atoms with Gasteiger partial charge in [-0.15, -0.1) is 0 Å². The standard InChI is InChI=1S/C18H27N3O2/c1-5-14-7-6-10-21(12-14)18(23)19-16-11-15(9-8-13(16)2)17(22)20(3)4/h8-9,11,14H,5-7,10,12H2,1-4H3,(H,19,23). The van der Waals surface area contributed by atoms with Crippen molar-refractivity contribution < 1.29 is 9.59 Å². The number of nitrogens with zero attached hydrogens (tertiary/aromatic N) is 2. The summed E-state index contributed by atoms with van der Waals surface area (Å²) in [5, 5.41) is 2.98. The van der Waals surface area contributed by atoms with Crippen LogP contribution < -0.4 is 5.32 Å². The van der Waals surface area contributed by atoms with E-state index < -0.39 is 0 Å². The molecule has 1 aliphatic rings. The molecule has 1 fully saturated rings. The number of anilines is 1. The van der Waals surface area contributed by atoms with Crippen molar-refractivity contribution in [1.82, 2.24) is 9.80 Å². The van der Waals surface area contributed by atoms with Gasteiger partial charge in [0.15, 0.2) is 0 Å². The molecule has 0 aromatic heterocycles. The quantitative estimate of drug-likeness (QED) is 0.929. The molecule has 0 spiro atoms. The Morgan fingerprint density at radius 1 is 1.35 bits per heavy atom. The van der Waals surface area contributed by atoms with Gasteiger partial charge in [-0.25, -0.2) is 4.79 Å². The van der Waals surface area contributed by atoms with E-state index in [1.807, 2.05) is 17.9 Å². The first kappa shape index (κ1) is 17.3. The molecular formula is C18H27N3O2. The molecule has 1 saturated heterocycles. The number of likely N-dealkylation sites (tertiary alicyclic amines) is 1. The van der Waals surface area contributed by atoms with E-state index in [1.54, 1.807) is 26.2 Å². The lowest BCUT2D eigenvalue weighted by Gasteiger charge is -2.32. The molecule has 1 aromatic carbocycles. The van der Waals surface area contributed by atoms with Crippen LogP contribution in [-0.2, 0) is 0 Å². The molecule has 0 aliphatic carbocycles. The molecule has 5 heteroatoms. The number of piperidine rings is 1. The Bertz CT molecular complexity index is 584. The number of carbonyl (C=O) groups excluding carboxylic acids is 2. The Kier molecular flexibility index (Phi) is 5.64.